The maximum Gasteiger partial charge on any atom is 0.157 e. The largest absolute Gasteiger partial charge is 0.305 e. The van der Waals surface area contributed by atoms with Gasteiger partial charge in [-0.25, -0.2) is 4.39 Å². The highest BCUT2D eigenvalue weighted by atomic mass is 19.1. The van der Waals surface area contributed by atoms with Crippen molar-refractivity contribution < 1.29 is 9.18 Å². The van der Waals surface area contributed by atoms with E-state index in [0.29, 0.717) is 12.1 Å². The molecule has 0 fully saturated rings. The van der Waals surface area contributed by atoms with E-state index in [1.54, 1.807) is 18.2 Å². The number of hydrogen-bond donors (Lipinski definition) is 2. The van der Waals surface area contributed by atoms with Crippen LogP contribution in [-0.4, -0.2) is 5.78 Å². The number of ketones is 1. The number of halogens is 1. The van der Waals surface area contributed by atoms with Crippen molar-refractivity contribution in [2.24, 2.45) is 0 Å². The van der Waals surface area contributed by atoms with Crippen molar-refractivity contribution in [2.75, 3.05) is 5.43 Å². The molecule has 0 aliphatic heterocycles. The number of hydrogen-bond acceptors (Lipinski definition) is 3. The maximum absolute atomic E-state index is 12.9. The number of nitrogens with one attached hydrogen (secondary N) is 2. The number of carbonyl (C=O) groups is 1. The van der Waals surface area contributed by atoms with E-state index in [2.05, 4.69) is 10.9 Å². The van der Waals surface area contributed by atoms with Gasteiger partial charge in [0.25, 0.3) is 0 Å². The highest BCUT2D eigenvalue weighted by molar-refractivity contribution is 5.91. The molecule has 1 aromatic carbocycles. The standard InChI is InChI=1S/C12H13FN2O/c13-9-3-1-4-10(7-9)14-15-11-5-2-6-12(16)8-11/h1,3-4,7-8,14-15H,2,5-6H2. The van der Waals surface area contributed by atoms with Crippen LogP contribution in [0.5, 0.6) is 0 Å². The third-order valence-corrected chi connectivity index (χ3v) is 2.40. The van der Waals surface area contributed by atoms with Crippen LogP contribution in [0.1, 0.15) is 19.3 Å². The Hall–Kier alpha value is -1.84. The second kappa shape index (κ2) is 4.79. The molecule has 16 heavy (non-hydrogen) atoms. The van der Waals surface area contributed by atoms with Gasteiger partial charge in [0.1, 0.15) is 5.82 Å². The minimum atomic E-state index is -0.291. The molecule has 0 unspecified atom stereocenters. The highest BCUT2D eigenvalue weighted by Gasteiger charge is 2.09. The summed E-state index contributed by atoms with van der Waals surface area (Å²) < 4.78 is 12.9. The van der Waals surface area contributed by atoms with Crippen LogP contribution in [0.3, 0.4) is 0 Å². The van der Waals surface area contributed by atoms with Gasteiger partial charge in [0.15, 0.2) is 5.78 Å². The van der Waals surface area contributed by atoms with Crippen molar-refractivity contribution in [3.05, 3.63) is 41.9 Å². The molecule has 1 aromatic rings. The molecule has 4 heteroatoms. The summed E-state index contributed by atoms with van der Waals surface area (Å²) in [6.45, 7) is 0. The van der Waals surface area contributed by atoms with Crippen LogP contribution < -0.4 is 10.9 Å². The van der Waals surface area contributed by atoms with Crippen molar-refractivity contribution in [1.29, 1.82) is 0 Å². The van der Waals surface area contributed by atoms with E-state index in [9.17, 15) is 9.18 Å². The average molecular weight is 220 g/mol. The molecule has 3 nitrogen and oxygen atoms in total. The van der Waals surface area contributed by atoms with Gasteiger partial charge in [-0.05, 0) is 31.0 Å². The zero-order valence-corrected chi connectivity index (χ0v) is 8.79. The van der Waals surface area contributed by atoms with Gasteiger partial charge in [-0.3, -0.25) is 4.79 Å². The normalized spacial score (nSPS) is 15.6. The van der Waals surface area contributed by atoms with Gasteiger partial charge in [0.05, 0.1) is 5.69 Å². The number of rotatable bonds is 3. The molecule has 2 N–H and O–H groups in total. The molecule has 0 saturated carbocycles. The van der Waals surface area contributed by atoms with Crippen LogP contribution in [0.2, 0.25) is 0 Å². The first kappa shape index (κ1) is 10.7. The molecular formula is C12H13FN2O. The predicted molar refractivity (Wildman–Crippen MR) is 60.1 cm³/mol. The summed E-state index contributed by atoms with van der Waals surface area (Å²) in [6, 6.07) is 6.15. The molecule has 2 rings (SSSR count). The van der Waals surface area contributed by atoms with E-state index in [1.807, 2.05) is 0 Å². The first-order valence-corrected chi connectivity index (χ1v) is 5.25. The quantitative estimate of drug-likeness (QED) is 0.768. The van der Waals surface area contributed by atoms with E-state index in [0.717, 1.165) is 18.5 Å². The summed E-state index contributed by atoms with van der Waals surface area (Å²) in [4.78, 5) is 11.1. The topological polar surface area (TPSA) is 41.1 Å². The second-order valence-electron chi connectivity index (χ2n) is 3.75. The molecule has 1 aliphatic rings. The van der Waals surface area contributed by atoms with Gasteiger partial charge in [0, 0.05) is 18.2 Å². The average Bonchev–Trinajstić information content (AvgIpc) is 2.27. The zero-order chi connectivity index (χ0) is 11.4. The van der Waals surface area contributed by atoms with Crippen molar-refractivity contribution in [3.8, 4) is 0 Å². The summed E-state index contributed by atoms with van der Waals surface area (Å²) in [5.74, 6) is -0.157. The summed E-state index contributed by atoms with van der Waals surface area (Å²) in [5, 5.41) is 0. The first-order chi connectivity index (χ1) is 7.74. The molecule has 0 radical (unpaired) electrons. The maximum atomic E-state index is 12.9. The van der Waals surface area contributed by atoms with E-state index in [-0.39, 0.29) is 11.6 Å². The van der Waals surface area contributed by atoms with Gasteiger partial charge in [-0.2, -0.15) is 0 Å². The number of benzene rings is 1. The molecule has 0 bridgehead atoms. The van der Waals surface area contributed by atoms with E-state index >= 15 is 0 Å². The minimum Gasteiger partial charge on any atom is -0.305 e. The number of anilines is 1. The fraction of sp³-hybridized carbons (Fsp3) is 0.250. The molecule has 0 saturated heterocycles. The number of allylic oxidation sites excluding steroid dienone is 2. The lowest BCUT2D eigenvalue weighted by Crippen LogP contribution is -2.23. The Morgan fingerprint density at radius 1 is 1.19 bits per heavy atom. The Kier molecular flexibility index (Phi) is 3.19. The number of hydrazine groups is 1. The van der Waals surface area contributed by atoms with Gasteiger partial charge >= 0.3 is 0 Å². The minimum absolute atomic E-state index is 0.134. The first-order valence-electron chi connectivity index (χ1n) is 5.25. The highest BCUT2D eigenvalue weighted by Crippen LogP contribution is 2.13. The Bertz CT molecular complexity index is 429. The van der Waals surface area contributed by atoms with Gasteiger partial charge in [0.2, 0.25) is 0 Å². The third-order valence-electron chi connectivity index (χ3n) is 2.40. The summed E-state index contributed by atoms with van der Waals surface area (Å²) in [5.41, 5.74) is 7.27. The third kappa shape index (κ3) is 2.82. The summed E-state index contributed by atoms with van der Waals surface area (Å²) >= 11 is 0. The Labute approximate surface area is 93.3 Å². The number of carbonyl (C=O) groups excluding carboxylic acids is 1. The molecule has 0 amide bonds. The SMILES string of the molecule is O=C1C=C(NNc2cccc(F)c2)CCC1. The molecular weight excluding hydrogens is 207 g/mol. The Morgan fingerprint density at radius 3 is 2.81 bits per heavy atom. The molecule has 0 atom stereocenters. The van der Waals surface area contributed by atoms with Gasteiger partial charge in [-0.1, -0.05) is 6.07 Å². The summed E-state index contributed by atoms with van der Waals surface area (Å²) in [7, 11) is 0. The van der Waals surface area contributed by atoms with E-state index in [4.69, 9.17) is 0 Å². The predicted octanol–water partition coefficient (Wildman–Crippen LogP) is 2.38. The Balaban J connectivity index is 1.94. The monoisotopic (exact) mass is 220 g/mol. The van der Waals surface area contributed by atoms with Gasteiger partial charge in [-0.15, -0.1) is 0 Å². The van der Waals surface area contributed by atoms with Crippen LogP contribution in [0.15, 0.2) is 36.0 Å². The molecule has 0 aromatic heterocycles. The molecule has 84 valence electrons. The van der Waals surface area contributed by atoms with Crippen LogP contribution in [0.4, 0.5) is 10.1 Å². The zero-order valence-electron chi connectivity index (χ0n) is 8.79. The van der Waals surface area contributed by atoms with E-state index in [1.165, 1.54) is 12.1 Å². The van der Waals surface area contributed by atoms with Crippen LogP contribution >= 0.6 is 0 Å². The van der Waals surface area contributed by atoms with Crippen LogP contribution in [0.25, 0.3) is 0 Å². The van der Waals surface area contributed by atoms with Crippen LogP contribution in [-0.2, 0) is 4.79 Å². The van der Waals surface area contributed by atoms with Crippen molar-refractivity contribution in [3.63, 3.8) is 0 Å². The second-order valence-corrected chi connectivity index (χ2v) is 3.75. The Morgan fingerprint density at radius 2 is 2.06 bits per heavy atom. The lowest BCUT2D eigenvalue weighted by molar-refractivity contribution is -0.115. The molecule has 0 heterocycles. The van der Waals surface area contributed by atoms with Crippen molar-refractivity contribution >= 4 is 11.5 Å². The molecule has 1 aliphatic carbocycles. The summed E-state index contributed by atoms with van der Waals surface area (Å²) in [6.07, 6.45) is 3.91. The van der Waals surface area contributed by atoms with E-state index < -0.39 is 0 Å². The van der Waals surface area contributed by atoms with Gasteiger partial charge < -0.3 is 10.9 Å². The fourth-order valence-electron chi connectivity index (χ4n) is 1.61. The van der Waals surface area contributed by atoms with Crippen LogP contribution in [0, 0.1) is 5.82 Å². The smallest absolute Gasteiger partial charge is 0.157 e. The van der Waals surface area contributed by atoms with Crippen molar-refractivity contribution in [1.82, 2.24) is 5.43 Å². The fourth-order valence-corrected chi connectivity index (χ4v) is 1.61. The van der Waals surface area contributed by atoms with Crippen molar-refractivity contribution in [2.45, 2.75) is 19.3 Å². The lowest BCUT2D eigenvalue weighted by Gasteiger charge is -2.15. The lowest BCUT2D eigenvalue weighted by atomic mass is 10.0. The molecule has 0 spiro atoms.